The lowest BCUT2D eigenvalue weighted by atomic mass is 10.2. The maximum Gasteiger partial charge on any atom is 0.119 e. The maximum atomic E-state index is 8.91. The number of methoxy groups -OCH3 is 2. The van der Waals surface area contributed by atoms with Crippen molar-refractivity contribution in [3.05, 3.63) is 72.1 Å². The topological polar surface area (TPSA) is 64.5 Å². The summed E-state index contributed by atoms with van der Waals surface area (Å²) in [6.45, 7) is -0.0258. The molecule has 0 bridgehead atoms. The molecule has 2 aromatic carbocycles. The molecule has 0 aliphatic heterocycles. The number of halogens is 1. The number of benzene rings is 2. The molecule has 0 aliphatic carbocycles. The van der Waals surface area contributed by atoms with Crippen LogP contribution in [0, 0.1) is 0 Å². The molecule has 4 rings (SSSR count). The molecule has 0 atom stereocenters. The first kappa shape index (κ1) is 20.0. The van der Waals surface area contributed by atoms with Gasteiger partial charge in [0, 0.05) is 16.1 Å². The molecule has 2 heterocycles. The zero-order valence-corrected chi connectivity index (χ0v) is 17.3. The standard InChI is InChI=1S/C11H10BrNO.C11H11NO2/c1-14-10-4-5-11-8(6-10)2-3-9(7-12)13-11;1-14-10-4-5-11-8(6-10)2-3-9(7-13)12-11/h2-6H,7H2,1H3;2-6,13H,7H2,1H3. The van der Waals surface area contributed by atoms with Crippen molar-refractivity contribution in [2.75, 3.05) is 14.2 Å². The summed E-state index contributed by atoms with van der Waals surface area (Å²) in [5.74, 6) is 1.68. The summed E-state index contributed by atoms with van der Waals surface area (Å²) in [5.41, 5.74) is 3.60. The number of rotatable bonds is 4. The van der Waals surface area contributed by atoms with Gasteiger partial charge >= 0.3 is 0 Å². The zero-order chi connectivity index (χ0) is 19.9. The number of hydrogen-bond acceptors (Lipinski definition) is 5. The predicted octanol–water partition coefficient (Wildman–Crippen LogP) is 4.87. The fourth-order valence-electron chi connectivity index (χ4n) is 2.71. The van der Waals surface area contributed by atoms with Crippen molar-refractivity contribution in [2.24, 2.45) is 0 Å². The summed E-state index contributed by atoms with van der Waals surface area (Å²) in [4.78, 5) is 8.73. The second-order valence-corrected chi connectivity index (χ2v) is 6.57. The third-order valence-electron chi connectivity index (χ3n) is 4.21. The van der Waals surface area contributed by atoms with Crippen LogP contribution in [0.1, 0.15) is 11.4 Å². The first-order valence-corrected chi connectivity index (χ1v) is 9.83. The molecule has 4 aromatic rings. The number of fused-ring (bicyclic) bond motifs is 2. The SMILES string of the molecule is COc1ccc2nc(CBr)ccc2c1.COc1ccc2nc(CO)ccc2c1. The van der Waals surface area contributed by atoms with E-state index in [1.54, 1.807) is 14.2 Å². The lowest BCUT2D eigenvalue weighted by Gasteiger charge is -2.02. The Hall–Kier alpha value is -2.70. The number of nitrogens with zero attached hydrogens (tertiary/aromatic N) is 2. The number of hydrogen-bond donors (Lipinski definition) is 1. The third kappa shape index (κ3) is 4.77. The molecule has 2 aromatic heterocycles. The molecule has 0 spiro atoms. The Morgan fingerprint density at radius 2 is 1.25 bits per heavy atom. The smallest absolute Gasteiger partial charge is 0.119 e. The first-order valence-electron chi connectivity index (χ1n) is 8.71. The number of ether oxygens (including phenoxy) is 2. The molecule has 0 fully saturated rings. The number of aliphatic hydroxyl groups excluding tert-OH is 1. The summed E-state index contributed by atoms with van der Waals surface area (Å²) in [6.07, 6.45) is 0. The fraction of sp³-hybridized carbons (Fsp3) is 0.182. The Bertz CT molecular complexity index is 912. The molecular formula is C22H21BrN2O3. The molecule has 0 aliphatic rings. The van der Waals surface area contributed by atoms with Crippen LogP contribution >= 0.6 is 15.9 Å². The minimum absolute atomic E-state index is 0.0258. The normalized spacial score (nSPS) is 10.4. The van der Waals surface area contributed by atoms with Crippen LogP contribution < -0.4 is 9.47 Å². The van der Waals surface area contributed by atoms with Crippen molar-refractivity contribution < 1.29 is 14.6 Å². The van der Waals surface area contributed by atoms with E-state index in [0.717, 1.165) is 44.3 Å². The first-order chi connectivity index (χ1) is 13.7. The Morgan fingerprint density at radius 3 is 1.71 bits per heavy atom. The third-order valence-corrected chi connectivity index (χ3v) is 4.78. The van der Waals surface area contributed by atoms with Crippen LogP contribution in [-0.4, -0.2) is 29.3 Å². The molecule has 0 amide bonds. The van der Waals surface area contributed by atoms with Gasteiger partial charge in [-0.05, 0) is 48.5 Å². The summed E-state index contributed by atoms with van der Waals surface area (Å²) < 4.78 is 10.2. The van der Waals surface area contributed by atoms with Crippen LogP contribution in [-0.2, 0) is 11.9 Å². The van der Waals surface area contributed by atoms with Gasteiger partial charge in [-0.1, -0.05) is 28.1 Å². The monoisotopic (exact) mass is 440 g/mol. The molecule has 0 unspecified atom stereocenters. The molecule has 6 heteroatoms. The van der Waals surface area contributed by atoms with E-state index in [1.807, 2.05) is 54.6 Å². The van der Waals surface area contributed by atoms with Gasteiger partial charge in [0.05, 0.1) is 43.2 Å². The van der Waals surface area contributed by atoms with Gasteiger partial charge in [-0.2, -0.15) is 0 Å². The lowest BCUT2D eigenvalue weighted by Crippen LogP contribution is -1.90. The van der Waals surface area contributed by atoms with E-state index in [1.165, 1.54) is 0 Å². The molecule has 0 saturated heterocycles. The highest BCUT2D eigenvalue weighted by Crippen LogP contribution is 2.20. The van der Waals surface area contributed by atoms with Crippen LogP contribution in [0.15, 0.2) is 60.7 Å². The highest BCUT2D eigenvalue weighted by atomic mass is 79.9. The van der Waals surface area contributed by atoms with Gasteiger partial charge < -0.3 is 14.6 Å². The molecule has 144 valence electrons. The maximum absolute atomic E-state index is 8.91. The van der Waals surface area contributed by atoms with E-state index >= 15 is 0 Å². The second kappa shape index (κ2) is 9.48. The van der Waals surface area contributed by atoms with Gasteiger partial charge in [0.2, 0.25) is 0 Å². The van der Waals surface area contributed by atoms with Crippen molar-refractivity contribution in [2.45, 2.75) is 11.9 Å². The summed E-state index contributed by atoms with van der Waals surface area (Å²) in [7, 11) is 3.30. The minimum Gasteiger partial charge on any atom is -0.497 e. The van der Waals surface area contributed by atoms with Crippen molar-refractivity contribution in [3.8, 4) is 11.5 Å². The van der Waals surface area contributed by atoms with Crippen LogP contribution in [0.4, 0.5) is 0 Å². The van der Waals surface area contributed by atoms with Crippen LogP contribution in [0.25, 0.3) is 21.8 Å². The number of pyridine rings is 2. The molecule has 5 nitrogen and oxygen atoms in total. The lowest BCUT2D eigenvalue weighted by molar-refractivity contribution is 0.277. The largest absolute Gasteiger partial charge is 0.497 e. The van der Waals surface area contributed by atoms with E-state index < -0.39 is 0 Å². The average Bonchev–Trinajstić information content (AvgIpc) is 2.77. The number of alkyl halides is 1. The average molecular weight is 441 g/mol. The van der Waals surface area contributed by atoms with Crippen LogP contribution in [0.2, 0.25) is 0 Å². The molecule has 28 heavy (non-hydrogen) atoms. The van der Waals surface area contributed by atoms with Gasteiger partial charge in [0.1, 0.15) is 11.5 Å². The Morgan fingerprint density at radius 1 is 0.750 bits per heavy atom. The fourth-order valence-corrected chi connectivity index (χ4v) is 3.02. The Balaban J connectivity index is 0.000000161. The molecule has 0 radical (unpaired) electrons. The molecule has 0 saturated carbocycles. The minimum atomic E-state index is -0.0258. The van der Waals surface area contributed by atoms with Gasteiger partial charge in [-0.3, -0.25) is 9.97 Å². The predicted molar refractivity (Wildman–Crippen MR) is 115 cm³/mol. The van der Waals surface area contributed by atoms with E-state index in [2.05, 4.69) is 32.0 Å². The van der Waals surface area contributed by atoms with Gasteiger partial charge in [-0.15, -0.1) is 0 Å². The summed E-state index contributed by atoms with van der Waals surface area (Å²) >= 11 is 3.38. The van der Waals surface area contributed by atoms with Crippen LogP contribution in [0.3, 0.4) is 0 Å². The van der Waals surface area contributed by atoms with Crippen molar-refractivity contribution in [3.63, 3.8) is 0 Å². The highest BCUT2D eigenvalue weighted by molar-refractivity contribution is 9.08. The van der Waals surface area contributed by atoms with E-state index in [-0.39, 0.29) is 6.61 Å². The van der Waals surface area contributed by atoms with Crippen LogP contribution in [0.5, 0.6) is 11.5 Å². The molecular weight excluding hydrogens is 420 g/mol. The summed E-state index contributed by atoms with van der Waals surface area (Å²) in [6, 6.07) is 19.3. The van der Waals surface area contributed by atoms with Crippen molar-refractivity contribution in [1.82, 2.24) is 9.97 Å². The van der Waals surface area contributed by atoms with Gasteiger partial charge in [0.15, 0.2) is 0 Å². The van der Waals surface area contributed by atoms with Gasteiger partial charge in [-0.25, -0.2) is 0 Å². The van der Waals surface area contributed by atoms with Crippen molar-refractivity contribution >= 4 is 37.7 Å². The van der Waals surface area contributed by atoms with E-state index in [9.17, 15) is 0 Å². The highest BCUT2D eigenvalue weighted by Gasteiger charge is 2.00. The van der Waals surface area contributed by atoms with E-state index in [4.69, 9.17) is 14.6 Å². The Kier molecular flexibility index (Phi) is 6.79. The van der Waals surface area contributed by atoms with Crippen molar-refractivity contribution in [1.29, 1.82) is 0 Å². The second-order valence-electron chi connectivity index (χ2n) is 6.01. The quantitative estimate of drug-likeness (QED) is 0.458. The number of aromatic nitrogens is 2. The number of aliphatic hydroxyl groups is 1. The zero-order valence-electron chi connectivity index (χ0n) is 15.7. The molecule has 1 N–H and O–H groups in total. The van der Waals surface area contributed by atoms with E-state index in [0.29, 0.717) is 5.69 Å². The Labute approximate surface area is 172 Å². The van der Waals surface area contributed by atoms with Gasteiger partial charge in [0.25, 0.3) is 0 Å². The summed E-state index contributed by atoms with van der Waals surface area (Å²) in [5, 5.41) is 11.8.